The first-order valence-corrected chi connectivity index (χ1v) is 6.87. The lowest BCUT2D eigenvalue weighted by Gasteiger charge is -2.28. The Bertz CT molecular complexity index is 737. The summed E-state index contributed by atoms with van der Waals surface area (Å²) in [4.78, 5) is 12.1. The third-order valence-electron chi connectivity index (χ3n) is 3.48. The molecule has 120 valence electrons. The number of nitrogens with one attached hydrogen (secondary N) is 2. The first kappa shape index (κ1) is 15.1. The summed E-state index contributed by atoms with van der Waals surface area (Å²) < 4.78 is 34.5. The van der Waals surface area contributed by atoms with Crippen molar-refractivity contribution in [2.24, 2.45) is 0 Å². The lowest BCUT2D eigenvalue weighted by molar-refractivity contribution is -0.0512. The zero-order valence-corrected chi connectivity index (χ0v) is 12.2. The van der Waals surface area contributed by atoms with E-state index in [1.807, 2.05) is 0 Å². The van der Waals surface area contributed by atoms with E-state index >= 15 is 0 Å². The molecule has 0 aromatic heterocycles. The Kier molecular flexibility index (Phi) is 4.01. The quantitative estimate of drug-likeness (QED) is 0.908. The van der Waals surface area contributed by atoms with E-state index in [4.69, 9.17) is 4.74 Å². The van der Waals surface area contributed by atoms with Crippen molar-refractivity contribution >= 4 is 11.6 Å². The summed E-state index contributed by atoms with van der Waals surface area (Å²) in [5.74, 6) is -0.136. The first-order chi connectivity index (χ1) is 11.1. The number of anilines is 1. The third-order valence-corrected chi connectivity index (χ3v) is 3.48. The molecule has 0 bridgehead atoms. The molecule has 2 aromatic carbocycles. The van der Waals surface area contributed by atoms with E-state index in [2.05, 4.69) is 15.4 Å². The molecule has 5 nitrogen and oxygen atoms in total. The molecule has 1 aliphatic heterocycles. The molecule has 0 fully saturated rings. The van der Waals surface area contributed by atoms with Crippen molar-refractivity contribution in [1.82, 2.24) is 5.32 Å². The number of halogens is 2. The van der Waals surface area contributed by atoms with Crippen LogP contribution in [0.2, 0.25) is 0 Å². The minimum absolute atomic E-state index is 0.0880. The van der Waals surface area contributed by atoms with Crippen LogP contribution in [0.4, 0.5) is 14.5 Å². The van der Waals surface area contributed by atoms with Gasteiger partial charge in [0.15, 0.2) is 11.5 Å². The number of carbonyl (C=O) groups excluding carboxylic acids is 1. The zero-order valence-electron chi connectivity index (χ0n) is 12.2. The van der Waals surface area contributed by atoms with E-state index in [1.165, 1.54) is 19.2 Å². The number of carbonyl (C=O) groups is 1. The van der Waals surface area contributed by atoms with Crippen molar-refractivity contribution in [3.8, 4) is 11.5 Å². The number of hydrogen-bond acceptors (Lipinski definition) is 4. The minimum Gasteiger partial charge on any atom is -0.493 e. The number of hydrogen-bond donors (Lipinski definition) is 2. The van der Waals surface area contributed by atoms with E-state index < -0.39 is 12.8 Å². The van der Waals surface area contributed by atoms with Crippen LogP contribution in [0.15, 0.2) is 42.5 Å². The average Bonchev–Trinajstić information content (AvgIpc) is 2.54. The van der Waals surface area contributed by atoms with Gasteiger partial charge in [-0.1, -0.05) is 18.2 Å². The van der Waals surface area contributed by atoms with E-state index in [-0.39, 0.29) is 17.4 Å². The lowest BCUT2D eigenvalue weighted by atomic mass is 10.1. The number of ether oxygens (including phenoxy) is 2. The van der Waals surface area contributed by atoms with Crippen LogP contribution in [0.25, 0.3) is 0 Å². The zero-order chi connectivity index (χ0) is 16.4. The average molecular weight is 320 g/mol. The molecule has 0 unspecified atom stereocenters. The Morgan fingerprint density at radius 1 is 1.09 bits per heavy atom. The largest absolute Gasteiger partial charge is 0.493 e. The van der Waals surface area contributed by atoms with Gasteiger partial charge in [0.05, 0.1) is 12.7 Å². The second-order valence-corrected chi connectivity index (χ2v) is 4.89. The molecule has 0 saturated heterocycles. The molecule has 0 spiro atoms. The molecule has 0 radical (unpaired) electrons. The molecule has 7 heteroatoms. The summed E-state index contributed by atoms with van der Waals surface area (Å²) >= 11 is 0. The number of para-hydroxylation sites is 1. The van der Waals surface area contributed by atoms with Gasteiger partial charge in [-0.15, -0.1) is 0 Å². The highest BCUT2D eigenvalue weighted by atomic mass is 19.3. The van der Waals surface area contributed by atoms with Crippen LogP contribution in [-0.2, 0) is 0 Å². The van der Waals surface area contributed by atoms with E-state index in [0.29, 0.717) is 16.8 Å². The van der Waals surface area contributed by atoms with Crippen LogP contribution < -0.4 is 20.1 Å². The van der Waals surface area contributed by atoms with Crippen molar-refractivity contribution in [2.45, 2.75) is 12.8 Å². The fourth-order valence-electron chi connectivity index (χ4n) is 2.44. The summed E-state index contributed by atoms with van der Waals surface area (Å²) in [6, 6.07) is 11.7. The Labute approximate surface area is 131 Å². The SMILES string of the molecule is COc1ccc([C@H]2NC(=O)c3ccccc3N2)cc1OC(F)F. The molecule has 0 aliphatic carbocycles. The molecule has 0 saturated carbocycles. The molecule has 1 aliphatic rings. The van der Waals surface area contributed by atoms with Crippen LogP contribution in [0.5, 0.6) is 11.5 Å². The van der Waals surface area contributed by atoms with Gasteiger partial charge in [-0.3, -0.25) is 4.79 Å². The van der Waals surface area contributed by atoms with Crippen LogP contribution in [0.1, 0.15) is 22.1 Å². The summed E-state index contributed by atoms with van der Waals surface area (Å²) in [6.07, 6.45) is -0.552. The molecular weight excluding hydrogens is 306 g/mol. The predicted molar refractivity (Wildman–Crippen MR) is 79.9 cm³/mol. The maximum absolute atomic E-state index is 12.5. The molecule has 1 heterocycles. The van der Waals surface area contributed by atoms with Crippen molar-refractivity contribution < 1.29 is 23.0 Å². The minimum atomic E-state index is -2.96. The normalized spacial score (nSPS) is 16.3. The molecular formula is C16H14F2N2O3. The Morgan fingerprint density at radius 2 is 1.87 bits per heavy atom. The van der Waals surface area contributed by atoms with Gasteiger partial charge in [0, 0.05) is 5.69 Å². The van der Waals surface area contributed by atoms with Crippen LogP contribution in [-0.4, -0.2) is 19.6 Å². The fraction of sp³-hybridized carbons (Fsp3) is 0.188. The summed E-state index contributed by atoms with van der Waals surface area (Å²) in [7, 11) is 1.37. The summed E-state index contributed by atoms with van der Waals surface area (Å²) in [5.41, 5.74) is 1.78. The highest BCUT2D eigenvalue weighted by Crippen LogP contribution is 2.33. The third kappa shape index (κ3) is 3.03. The number of benzene rings is 2. The van der Waals surface area contributed by atoms with Crippen molar-refractivity contribution in [3.05, 3.63) is 53.6 Å². The van der Waals surface area contributed by atoms with Crippen molar-refractivity contribution in [1.29, 1.82) is 0 Å². The molecule has 1 amide bonds. The first-order valence-electron chi connectivity index (χ1n) is 6.87. The molecule has 23 heavy (non-hydrogen) atoms. The lowest BCUT2D eigenvalue weighted by Crippen LogP contribution is -2.38. The number of alkyl halides is 2. The van der Waals surface area contributed by atoms with Crippen molar-refractivity contribution in [2.75, 3.05) is 12.4 Å². The Balaban J connectivity index is 1.92. The molecule has 2 aromatic rings. The Morgan fingerprint density at radius 3 is 2.61 bits per heavy atom. The van der Waals surface area contributed by atoms with Crippen LogP contribution >= 0.6 is 0 Å². The second-order valence-electron chi connectivity index (χ2n) is 4.89. The molecule has 1 atom stereocenters. The number of methoxy groups -OCH3 is 1. The number of fused-ring (bicyclic) bond motifs is 1. The standard InChI is InChI=1S/C16H14F2N2O3/c1-22-12-7-6-9(8-13(12)23-16(17)18)14-19-11-5-3-2-4-10(11)15(21)20-14/h2-8,14,16,19H,1H3,(H,20,21)/t14-/m1/s1. The van der Waals surface area contributed by atoms with E-state index in [0.717, 1.165) is 0 Å². The van der Waals surface area contributed by atoms with Crippen molar-refractivity contribution in [3.63, 3.8) is 0 Å². The molecule has 2 N–H and O–H groups in total. The highest BCUT2D eigenvalue weighted by molar-refractivity contribution is 6.01. The number of rotatable bonds is 4. The smallest absolute Gasteiger partial charge is 0.387 e. The van der Waals surface area contributed by atoms with Gasteiger partial charge in [-0.25, -0.2) is 0 Å². The van der Waals surface area contributed by atoms with Crippen LogP contribution in [0, 0.1) is 0 Å². The predicted octanol–water partition coefficient (Wildman–Crippen LogP) is 3.15. The maximum Gasteiger partial charge on any atom is 0.387 e. The van der Waals surface area contributed by atoms with Gasteiger partial charge in [-0.05, 0) is 29.8 Å². The fourth-order valence-corrected chi connectivity index (χ4v) is 2.44. The van der Waals surface area contributed by atoms with Gasteiger partial charge in [0.1, 0.15) is 6.17 Å². The van der Waals surface area contributed by atoms with Gasteiger partial charge < -0.3 is 20.1 Å². The van der Waals surface area contributed by atoms with Gasteiger partial charge in [-0.2, -0.15) is 8.78 Å². The maximum atomic E-state index is 12.5. The van der Waals surface area contributed by atoms with Gasteiger partial charge in [0.2, 0.25) is 0 Å². The summed E-state index contributed by atoms with van der Waals surface area (Å²) in [5, 5.41) is 5.92. The van der Waals surface area contributed by atoms with E-state index in [9.17, 15) is 13.6 Å². The van der Waals surface area contributed by atoms with Gasteiger partial charge in [0.25, 0.3) is 5.91 Å². The van der Waals surface area contributed by atoms with E-state index in [1.54, 1.807) is 30.3 Å². The Hall–Kier alpha value is -2.83. The monoisotopic (exact) mass is 320 g/mol. The molecule has 3 rings (SSSR count). The highest BCUT2D eigenvalue weighted by Gasteiger charge is 2.25. The topological polar surface area (TPSA) is 59.6 Å². The van der Waals surface area contributed by atoms with Crippen LogP contribution in [0.3, 0.4) is 0 Å². The summed E-state index contributed by atoms with van der Waals surface area (Å²) in [6.45, 7) is -2.96. The van der Waals surface area contributed by atoms with Gasteiger partial charge >= 0.3 is 6.61 Å². The number of amides is 1. The second kappa shape index (κ2) is 6.12.